The zero-order valence-corrected chi connectivity index (χ0v) is 15.7. The first-order valence-electron chi connectivity index (χ1n) is 8.78. The first-order chi connectivity index (χ1) is 12.8. The van der Waals surface area contributed by atoms with Gasteiger partial charge in [-0.1, -0.05) is 12.1 Å². The van der Waals surface area contributed by atoms with E-state index in [1.807, 2.05) is 18.0 Å². The number of aromatic nitrogens is 2. The number of ether oxygens (including phenoxy) is 1. The maximum Gasteiger partial charge on any atom is 0.168 e. The Balaban J connectivity index is 1.37. The Bertz CT molecular complexity index is 866. The number of hydrogen-bond donors (Lipinski definition) is 0. The van der Waals surface area contributed by atoms with Gasteiger partial charge in [0.05, 0.1) is 18.3 Å². The SMILES string of the molecule is Cc1ccc2c(SCCCCCOc3ccc(C=O)nc3)ccnc2c1. The predicted octanol–water partition coefficient (Wildman–Crippen LogP) is 5.09. The summed E-state index contributed by atoms with van der Waals surface area (Å²) in [6.45, 7) is 2.76. The molecule has 5 heteroatoms. The fourth-order valence-electron chi connectivity index (χ4n) is 2.66. The van der Waals surface area contributed by atoms with Crippen molar-refractivity contribution in [3.05, 3.63) is 60.0 Å². The lowest BCUT2D eigenvalue weighted by Gasteiger charge is -2.07. The molecule has 0 bridgehead atoms. The number of hydrogen-bond acceptors (Lipinski definition) is 5. The van der Waals surface area contributed by atoms with Crippen LogP contribution in [-0.4, -0.2) is 28.6 Å². The molecule has 0 aliphatic rings. The van der Waals surface area contributed by atoms with Crippen LogP contribution in [0.5, 0.6) is 5.75 Å². The van der Waals surface area contributed by atoms with Crippen molar-refractivity contribution < 1.29 is 9.53 Å². The molecule has 0 aliphatic carbocycles. The minimum atomic E-state index is 0.424. The Morgan fingerprint density at radius 1 is 1.08 bits per heavy atom. The zero-order valence-electron chi connectivity index (χ0n) is 14.9. The van der Waals surface area contributed by atoms with Crippen molar-refractivity contribution >= 4 is 29.0 Å². The van der Waals surface area contributed by atoms with Crippen LogP contribution in [-0.2, 0) is 0 Å². The number of thioether (sulfide) groups is 1. The summed E-state index contributed by atoms with van der Waals surface area (Å²) in [4.78, 5) is 20.3. The molecular formula is C21H22N2O2S. The summed E-state index contributed by atoms with van der Waals surface area (Å²) in [5, 5.41) is 1.23. The van der Waals surface area contributed by atoms with Gasteiger partial charge in [-0.25, -0.2) is 4.98 Å². The summed E-state index contributed by atoms with van der Waals surface area (Å²) in [6, 6.07) is 12.0. The summed E-state index contributed by atoms with van der Waals surface area (Å²) in [5.41, 5.74) is 2.73. The number of benzene rings is 1. The third-order valence-electron chi connectivity index (χ3n) is 4.05. The molecule has 26 heavy (non-hydrogen) atoms. The van der Waals surface area contributed by atoms with Gasteiger partial charge in [0.15, 0.2) is 6.29 Å². The van der Waals surface area contributed by atoms with E-state index in [1.165, 1.54) is 15.8 Å². The lowest BCUT2D eigenvalue weighted by Crippen LogP contribution is -1.98. The standard InChI is InChI=1S/C21H22N2O2S/c1-16-5-8-19-20(13-16)22-10-9-21(19)26-12-4-2-3-11-25-18-7-6-17(15-24)23-14-18/h5-10,13-15H,2-4,11-12H2,1H3. The van der Waals surface area contributed by atoms with E-state index in [0.717, 1.165) is 36.8 Å². The molecule has 4 nitrogen and oxygen atoms in total. The fraction of sp³-hybridized carbons (Fsp3) is 0.286. The van der Waals surface area contributed by atoms with Crippen LogP contribution in [0.4, 0.5) is 0 Å². The normalized spacial score (nSPS) is 10.8. The predicted molar refractivity (Wildman–Crippen MR) is 106 cm³/mol. The van der Waals surface area contributed by atoms with E-state index in [0.29, 0.717) is 18.1 Å². The highest BCUT2D eigenvalue weighted by Gasteiger charge is 2.03. The summed E-state index contributed by atoms with van der Waals surface area (Å²) in [6.07, 6.45) is 7.49. The fourth-order valence-corrected chi connectivity index (χ4v) is 3.71. The van der Waals surface area contributed by atoms with Crippen molar-refractivity contribution in [1.29, 1.82) is 0 Å². The first kappa shape index (κ1) is 18.4. The molecule has 0 fully saturated rings. The number of aldehydes is 1. The second kappa shape index (κ2) is 9.34. The molecule has 134 valence electrons. The Morgan fingerprint density at radius 3 is 2.81 bits per heavy atom. The zero-order chi connectivity index (χ0) is 18.2. The van der Waals surface area contributed by atoms with Gasteiger partial charge in [-0.3, -0.25) is 9.78 Å². The molecule has 0 amide bonds. The summed E-state index contributed by atoms with van der Waals surface area (Å²) in [5.74, 6) is 1.80. The van der Waals surface area contributed by atoms with Crippen LogP contribution in [0.25, 0.3) is 10.9 Å². The van der Waals surface area contributed by atoms with E-state index in [-0.39, 0.29) is 0 Å². The molecule has 2 heterocycles. The molecule has 0 N–H and O–H groups in total. The maximum absolute atomic E-state index is 10.6. The number of unbranched alkanes of at least 4 members (excludes halogenated alkanes) is 2. The number of pyridine rings is 2. The van der Waals surface area contributed by atoms with Gasteiger partial charge in [0.1, 0.15) is 11.4 Å². The van der Waals surface area contributed by atoms with E-state index in [9.17, 15) is 4.79 Å². The van der Waals surface area contributed by atoms with Gasteiger partial charge in [0.2, 0.25) is 0 Å². The van der Waals surface area contributed by atoms with Gasteiger partial charge in [0, 0.05) is 16.5 Å². The molecule has 0 atom stereocenters. The molecule has 0 radical (unpaired) electrons. The minimum absolute atomic E-state index is 0.424. The Labute approximate surface area is 158 Å². The highest BCUT2D eigenvalue weighted by atomic mass is 32.2. The van der Waals surface area contributed by atoms with Crippen LogP contribution in [0.3, 0.4) is 0 Å². The lowest BCUT2D eigenvalue weighted by molar-refractivity contribution is 0.111. The third kappa shape index (κ3) is 5.05. The number of rotatable bonds is 9. The van der Waals surface area contributed by atoms with Crippen LogP contribution in [0.2, 0.25) is 0 Å². The van der Waals surface area contributed by atoms with Crippen LogP contribution >= 0.6 is 11.8 Å². The van der Waals surface area contributed by atoms with Gasteiger partial charge in [-0.2, -0.15) is 0 Å². The molecule has 2 aromatic heterocycles. The Kier molecular flexibility index (Phi) is 6.61. The average Bonchev–Trinajstić information content (AvgIpc) is 2.67. The van der Waals surface area contributed by atoms with Crippen molar-refractivity contribution in [1.82, 2.24) is 9.97 Å². The van der Waals surface area contributed by atoms with E-state index >= 15 is 0 Å². The molecular weight excluding hydrogens is 344 g/mol. The highest BCUT2D eigenvalue weighted by molar-refractivity contribution is 7.99. The molecule has 0 aliphatic heterocycles. The van der Waals surface area contributed by atoms with Gasteiger partial charge in [0.25, 0.3) is 0 Å². The van der Waals surface area contributed by atoms with Gasteiger partial charge in [-0.05, 0) is 61.8 Å². The molecule has 0 saturated heterocycles. The average molecular weight is 366 g/mol. The van der Waals surface area contributed by atoms with E-state index in [2.05, 4.69) is 41.2 Å². The third-order valence-corrected chi connectivity index (χ3v) is 5.21. The molecule has 1 aromatic carbocycles. The number of fused-ring (bicyclic) bond motifs is 1. The Hall–Kier alpha value is -2.40. The second-order valence-corrected chi connectivity index (χ2v) is 7.26. The van der Waals surface area contributed by atoms with E-state index in [4.69, 9.17) is 4.74 Å². The van der Waals surface area contributed by atoms with Gasteiger partial charge >= 0.3 is 0 Å². The maximum atomic E-state index is 10.6. The molecule has 0 saturated carbocycles. The highest BCUT2D eigenvalue weighted by Crippen LogP contribution is 2.28. The van der Waals surface area contributed by atoms with Gasteiger partial charge < -0.3 is 4.74 Å². The first-order valence-corrected chi connectivity index (χ1v) is 9.77. The molecule has 0 spiro atoms. The molecule has 0 unspecified atom stereocenters. The Morgan fingerprint density at radius 2 is 2.00 bits per heavy atom. The summed E-state index contributed by atoms with van der Waals surface area (Å²) < 4.78 is 5.65. The second-order valence-electron chi connectivity index (χ2n) is 6.12. The topological polar surface area (TPSA) is 52.1 Å². The smallest absolute Gasteiger partial charge is 0.168 e. The van der Waals surface area contributed by atoms with Crippen molar-refractivity contribution in [2.24, 2.45) is 0 Å². The largest absolute Gasteiger partial charge is 0.492 e. The summed E-state index contributed by atoms with van der Waals surface area (Å²) in [7, 11) is 0. The van der Waals surface area contributed by atoms with Gasteiger partial charge in [-0.15, -0.1) is 11.8 Å². The van der Waals surface area contributed by atoms with Crippen molar-refractivity contribution in [2.45, 2.75) is 31.1 Å². The van der Waals surface area contributed by atoms with Crippen LogP contribution in [0.1, 0.15) is 35.3 Å². The molecule has 3 rings (SSSR count). The van der Waals surface area contributed by atoms with Crippen LogP contribution in [0, 0.1) is 6.92 Å². The quantitative estimate of drug-likeness (QED) is 0.300. The number of carbonyl (C=O) groups is 1. The van der Waals surface area contributed by atoms with Crippen LogP contribution in [0.15, 0.2) is 53.7 Å². The van der Waals surface area contributed by atoms with E-state index in [1.54, 1.807) is 18.3 Å². The number of carbonyl (C=O) groups excluding carboxylic acids is 1. The van der Waals surface area contributed by atoms with Crippen molar-refractivity contribution in [2.75, 3.05) is 12.4 Å². The number of nitrogens with zero attached hydrogens (tertiary/aromatic N) is 2. The molecule has 3 aromatic rings. The van der Waals surface area contributed by atoms with Crippen molar-refractivity contribution in [3.63, 3.8) is 0 Å². The van der Waals surface area contributed by atoms with E-state index < -0.39 is 0 Å². The minimum Gasteiger partial charge on any atom is -0.492 e. The summed E-state index contributed by atoms with van der Waals surface area (Å²) >= 11 is 1.89. The lowest BCUT2D eigenvalue weighted by atomic mass is 10.1. The van der Waals surface area contributed by atoms with Crippen LogP contribution < -0.4 is 4.74 Å². The monoisotopic (exact) mass is 366 g/mol. The number of aryl methyl sites for hydroxylation is 1. The van der Waals surface area contributed by atoms with Crippen molar-refractivity contribution in [3.8, 4) is 5.75 Å².